The lowest BCUT2D eigenvalue weighted by Gasteiger charge is -2.14. The van der Waals surface area contributed by atoms with Gasteiger partial charge in [-0.15, -0.1) is 0 Å². The fraction of sp³-hybridized carbons (Fsp3) is 0.407. The van der Waals surface area contributed by atoms with Gasteiger partial charge in [-0.1, -0.05) is 19.8 Å². The van der Waals surface area contributed by atoms with E-state index in [1.165, 1.54) is 18.3 Å². The third-order valence-electron chi connectivity index (χ3n) is 5.82. The first kappa shape index (κ1) is 34.1. The van der Waals surface area contributed by atoms with Gasteiger partial charge in [-0.05, 0) is 44.0 Å². The lowest BCUT2D eigenvalue weighted by Crippen LogP contribution is -2.41. The number of anilines is 2. The number of unbranched alkanes of at least 4 members (excludes halogenated alkanes) is 1. The van der Waals surface area contributed by atoms with Gasteiger partial charge >= 0.3 is 17.9 Å². The van der Waals surface area contributed by atoms with Gasteiger partial charge in [0.1, 0.15) is 12.1 Å². The Kier molecular flexibility index (Phi) is 13.5. The zero-order chi connectivity index (χ0) is 31.9. The number of benzene rings is 1. The van der Waals surface area contributed by atoms with Gasteiger partial charge in [-0.25, -0.2) is 14.8 Å². The van der Waals surface area contributed by atoms with Crippen LogP contribution in [0.1, 0.15) is 62.0 Å². The average Bonchev–Trinajstić information content (AvgIpc) is 2.97. The molecule has 232 valence electrons. The number of nitrogen functional groups attached to an aromatic ring is 1. The second-order valence-electron chi connectivity index (χ2n) is 9.21. The van der Waals surface area contributed by atoms with Crippen molar-refractivity contribution in [2.24, 2.45) is 5.73 Å². The zero-order valence-corrected chi connectivity index (χ0v) is 23.8. The molecule has 0 spiro atoms. The molecule has 3 aromatic rings. The number of amides is 1. The summed E-state index contributed by atoms with van der Waals surface area (Å²) in [7, 11) is 0. The normalized spacial score (nSPS) is 11.9. The summed E-state index contributed by atoms with van der Waals surface area (Å²) in [5, 5.41) is 23.2. The highest BCUT2D eigenvalue weighted by molar-refractivity contribution is 5.97. The molecule has 0 fully saturated rings. The van der Waals surface area contributed by atoms with E-state index in [1.807, 2.05) is 0 Å². The van der Waals surface area contributed by atoms with Crippen LogP contribution in [-0.2, 0) is 25.7 Å². The number of carboxylic acids is 2. The van der Waals surface area contributed by atoms with Gasteiger partial charge in [-0.3, -0.25) is 24.2 Å². The van der Waals surface area contributed by atoms with E-state index in [9.17, 15) is 24.0 Å². The second-order valence-corrected chi connectivity index (χ2v) is 9.21. The van der Waals surface area contributed by atoms with E-state index in [4.69, 9.17) is 26.4 Å². The molecule has 0 aliphatic carbocycles. The Balaban J connectivity index is 0.000000499. The highest BCUT2D eigenvalue weighted by atomic mass is 16.5. The van der Waals surface area contributed by atoms with Crippen LogP contribution in [0.3, 0.4) is 0 Å². The second kappa shape index (κ2) is 17.0. The Labute approximate surface area is 246 Å². The first-order chi connectivity index (χ1) is 20.4. The summed E-state index contributed by atoms with van der Waals surface area (Å²) in [6.07, 6.45) is 3.62. The summed E-state index contributed by atoms with van der Waals surface area (Å²) in [5.74, 6) is -3.43. The molecule has 2 atom stereocenters. The van der Waals surface area contributed by atoms with Crippen LogP contribution in [-0.4, -0.2) is 72.7 Å². The van der Waals surface area contributed by atoms with Crippen molar-refractivity contribution in [2.75, 3.05) is 17.7 Å². The maximum Gasteiger partial charge on any atom is 0.326 e. The van der Waals surface area contributed by atoms with Crippen molar-refractivity contribution in [1.82, 2.24) is 25.3 Å². The number of esters is 1. The number of nitrogens with two attached hydrogens (primary N) is 2. The monoisotopic (exact) mass is 600 g/mol. The molecular weight excluding hydrogens is 564 g/mol. The summed E-state index contributed by atoms with van der Waals surface area (Å²) in [5.41, 5.74) is 12.0. The van der Waals surface area contributed by atoms with Crippen LogP contribution in [0.2, 0.25) is 0 Å². The number of rotatable bonds is 14. The van der Waals surface area contributed by atoms with Gasteiger partial charge in [0, 0.05) is 17.7 Å². The van der Waals surface area contributed by atoms with Crippen molar-refractivity contribution in [3.05, 3.63) is 52.1 Å². The van der Waals surface area contributed by atoms with Gasteiger partial charge < -0.3 is 37.1 Å². The smallest absolute Gasteiger partial charge is 0.326 e. The van der Waals surface area contributed by atoms with Crippen LogP contribution in [0.25, 0.3) is 11.2 Å². The van der Waals surface area contributed by atoms with Crippen LogP contribution in [0, 0.1) is 0 Å². The number of fused-ring (bicyclic) bond motifs is 1. The molecular formula is C27H36N8O8. The Bertz CT molecular complexity index is 1460. The standard InChI is InChI=1S/C19H19N7O6.C8H17NO2/c20-19-25-15-14(17(30)26-19)23-11(8-22-15)7-21-10-3-1-9(2-4-10)16(29)24-12(18(31)32)5-6-13(27)28;1-3-5-6-7(9)8(10)11-4-2/h1-4,8,12,21H,5-7H2,(H,24,29)(H,27,28)(H,31,32)(H3,20,22,25,26,30);7H,3-6,9H2,1-2H3. The van der Waals surface area contributed by atoms with E-state index < -0.39 is 35.5 Å². The third-order valence-corrected chi connectivity index (χ3v) is 5.82. The molecule has 2 aromatic heterocycles. The number of nitrogens with one attached hydrogen (secondary N) is 3. The molecule has 0 aliphatic heterocycles. The topological polar surface area (TPSA) is 266 Å². The number of ether oxygens (including phenoxy) is 1. The molecule has 1 amide bonds. The molecule has 16 nitrogen and oxygen atoms in total. The third kappa shape index (κ3) is 11.3. The maximum absolute atomic E-state index is 12.3. The van der Waals surface area contributed by atoms with Crippen LogP contribution >= 0.6 is 0 Å². The highest BCUT2D eigenvalue weighted by Crippen LogP contribution is 2.12. The average molecular weight is 601 g/mol. The van der Waals surface area contributed by atoms with Gasteiger partial charge in [0.15, 0.2) is 11.2 Å². The molecule has 0 aliphatic rings. The number of carboxylic acid groups (broad SMARTS) is 2. The Morgan fingerprint density at radius 3 is 2.37 bits per heavy atom. The van der Waals surface area contributed by atoms with Crippen molar-refractivity contribution in [3.63, 3.8) is 0 Å². The van der Waals surface area contributed by atoms with E-state index in [1.54, 1.807) is 19.1 Å². The number of hydrogen-bond acceptors (Lipinski definition) is 12. The zero-order valence-electron chi connectivity index (χ0n) is 23.8. The number of nitrogens with zero attached hydrogens (tertiary/aromatic N) is 3. The van der Waals surface area contributed by atoms with E-state index >= 15 is 0 Å². The van der Waals surface area contributed by atoms with E-state index in [-0.39, 0.29) is 48.0 Å². The summed E-state index contributed by atoms with van der Waals surface area (Å²) in [6.45, 7) is 4.50. The first-order valence-corrected chi connectivity index (χ1v) is 13.5. The fourth-order valence-electron chi connectivity index (χ4n) is 3.55. The number of hydrogen-bond donors (Lipinski definition) is 7. The highest BCUT2D eigenvalue weighted by Gasteiger charge is 2.21. The number of aromatic nitrogens is 4. The predicted molar refractivity (Wildman–Crippen MR) is 156 cm³/mol. The van der Waals surface area contributed by atoms with Crippen LogP contribution in [0.4, 0.5) is 11.6 Å². The molecule has 3 rings (SSSR count). The minimum atomic E-state index is -1.31. The molecule has 1 aromatic carbocycles. The SMILES string of the molecule is CCCCC(N)C(=O)OCC.Nc1nc2ncc(CNc3ccc(C(=O)NC(CCC(=O)O)C(=O)O)cc3)nc2c(=O)[nH]1. The van der Waals surface area contributed by atoms with Crippen LogP contribution in [0.15, 0.2) is 35.3 Å². The molecule has 43 heavy (non-hydrogen) atoms. The number of H-pyrrole nitrogens is 1. The largest absolute Gasteiger partial charge is 0.481 e. The number of carbonyl (C=O) groups is 4. The molecule has 16 heteroatoms. The molecule has 0 bridgehead atoms. The molecule has 2 unspecified atom stereocenters. The quantitative estimate of drug-likeness (QED) is 0.127. The van der Waals surface area contributed by atoms with Gasteiger partial charge in [0.2, 0.25) is 5.95 Å². The van der Waals surface area contributed by atoms with Crippen LogP contribution in [0.5, 0.6) is 0 Å². The van der Waals surface area contributed by atoms with Crippen molar-refractivity contribution in [3.8, 4) is 0 Å². The lowest BCUT2D eigenvalue weighted by atomic mass is 10.1. The Morgan fingerprint density at radius 2 is 1.77 bits per heavy atom. The summed E-state index contributed by atoms with van der Waals surface area (Å²) in [6, 6.07) is 4.44. The van der Waals surface area contributed by atoms with Gasteiger partial charge in [-0.2, -0.15) is 4.98 Å². The number of aromatic amines is 1. The van der Waals surface area contributed by atoms with Crippen molar-refractivity contribution in [1.29, 1.82) is 0 Å². The van der Waals surface area contributed by atoms with E-state index in [2.05, 4.69) is 37.5 Å². The molecule has 0 saturated heterocycles. The Hall–Kier alpha value is -5.12. The number of carbonyl (C=O) groups excluding carboxylic acids is 2. The molecule has 9 N–H and O–H groups in total. The van der Waals surface area contributed by atoms with Crippen molar-refractivity contribution in [2.45, 2.75) is 64.6 Å². The minimum Gasteiger partial charge on any atom is -0.481 e. The van der Waals surface area contributed by atoms with Gasteiger partial charge in [0.25, 0.3) is 11.5 Å². The van der Waals surface area contributed by atoms with Crippen LogP contribution < -0.4 is 27.7 Å². The van der Waals surface area contributed by atoms with Gasteiger partial charge in [0.05, 0.1) is 25.0 Å². The first-order valence-electron chi connectivity index (χ1n) is 13.5. The van der Waals surface area contributed by atoms with E-state index in [0.29, 0.717) is 18.0 Å². The summed E-state index contributed by atoms with van der Waals surface area (Å²) < 4.78 is 4.74. The van der Waals surface area contributed by atoms with Crippen molar-refractivity contribution < 1.29 is 34.1 Å². The van der Waals surface area contributed by atoms with Crippen molar-refractivity contribution >= 4 is 46.6 Å². The summed E-state index contributed by atoms with van der Waals surface area (Å²) >= 11 is 0. The summed E-state index contributed by atoms with van der Waals surface area (Å²) in [4.78, 5) is 71.5. The minimum absolute atomic E-state index is 0.0524. The van der Waals surface area contributed by atoms with E-state index in [0.717, 1.165) is 19.3 Å². The molecule has 2 heterocycles. The molecule has 0 radical (unpaired) electrons. The maximum atomic E-state index is 12.3. The number of aliphatic carboxylic acids is 2. The molecule has 0 saturated carbocycles. The Morgan fingerprint density at radius 1 is 1.07 bits per heavy atom. The fourth-order valence-corrected chi connectivity index (χ4v) is 3.55. The predicted octanol–water partition coefficient (Wildman–Crippen LogP) is 1.02. The lowest BCUT2D eigenvalue weighted by molar-refractivity contribution is -0.145.